The highest BCUT2D eigenvalue weighted by atomic mass is 32.2. The molecule has 0 aromatic carbocycles. The number of likely N-dealkylation sites (tertiary alicyclic amines) is 1. The van der Waals surface area contributed by atoms with Crippen LogP contribution in [0, 0.1) is 43.3 Å². The van der Waals surface area contributed by atoms with Gasteiger partial charge in [-0.25, -0.2) is 9.98 Å². The van der Waals surface area contributed by atoms with E-state index in [9.17, 15) is 0 Å². The van der Waals surface area contributed by atoms with Crippen molar-refractivity contribution >= 4 is 46.1 Å². The average Bonchev–Trinajstić information content (AvgIpc) is 1.55. The average molecular weight is 1410 g/mol. The second-order valence-corrected chi connectivity index (χ2v) is 38.4. The van der Waals surface area contributed by atoms with E-state index >= 15 is 0 Å². The molecule has 562 valence electrons. The Kier molecular flexibility index (Phi) is 27.5. The topological polar surface area (TPSA) is 90.6 Å². The summed E-state index contributed by atoms with van der Waals surface area (Å²) < 4.78 is 10.8. The zero-order valence-corrected chi connectivity index (χ0v) is 73.2. The first-order chi connectivity index (χ1) is 43.5. The molecular formula is C84H147N11O2S2. The maximum absolute atomic E-state index is 5.49. The largest absolute Gasteiger partial charge is 0.447 e. The molecular weight excluding hydrogens is 1260 g/mol. The molecule has 4 fully saturated rings. The van der Waals surface area contributed by atoms with Crippen LogP contribution < -0.4 is 0 Å². The number of thioether (sulfide) groups is 2. The monoisotopic (exact) mass is 1410 g/mol. The van der Waals surface area contributed by atoms with Gasteiger partial charge in [-0.15, -0.1) is 0 Å². The van der Waals surface area contributed by atoms with E-state index in [4.69, 9.17) is 9.47 Å². The molecule has 8 rings (SSSR count). The van der Waals surface area contributed by atoms with Crippen LogP contribution in [0.2, 0.25) is 0 Å². The molecule has 0 N–H and O–H groups in total. The predicted molar refractivity (Wildman–Crippen MR) is 443 cm³/mol. The smallest absolute Gasteiger partial charge is 0.191 e. The summed E-state index contributed by atoms with van der Waals surface area (Å²) in [5.41, 5.74) is 6.00. The van der Waals surface area contributed by atoms with Crippen LogP contribution in [0.4, 0.5) is 0 Å². The molecule has 0 radical (unpaired) electrons. The van der Waals surface area contributed by atoms with Crippen LogP contribution in [0.3, 0.4) is 0 Å². The van der Waals surface area contributed by atoms with Gasteiger partial charge in [0, 0.05) is 127 Å². The summed E-state index contributed by atoms with van der Waals surface area (Å²) in [4.78, 5) is 35.1. The molecule has 0 atom stereocenters. The van der Waals surface area contributed by atoms with Crippen molar-refractivity contribution in [2.45, 2.75) is 274 Å². The third-order valence-corrected chi connectivity index (χ3v) is 30.2. The molecule has 0 aromatic rings. The molecule has 8 aliphatic heterocycles. The molecule has 13 nitrogen and oxygen atoms in total. The number of hydrogen-bond donors (Lipinski definition) is 0. The van der Waals surface area contributed by atoms with Crippen molar-refractivity contribution in [2.75, 3.05) is 49.3 Å². The van der Waals surface area contributed by atoms with E-state index in [0.717, 1.165) is 72.5 Å². The van der Waals surface area contributed by atoms with Crippen LogP contribution in [-0.2, 0) is 9.47 Å². The van der Waals surface area contributed by atoms with Gasteiger partial charge in [0.25, 0.3) is 0 Å². The molecule has 0 aliphatic carbocycles. The lowest BCUT2D eigenvalue weighted by atomic mass is 9.57. The van der Waals surface area contributed by atoms with Crippen molar-refractivity contribution in [1.82, 2.24) is 34.3 Å². The van der Waals surface area contributed by atoms with E-state index in [-0.39, 0.29) is 71.3 Å². The van der Waals surface area contributed by atoms with Crippen LogP contribution in [0.15, 0.2) is 165 Å². The second-order valence-electron chi connectivity index (χ2n) is 35.9. The Labute approximate surface area is 618 Å². The summed E-state index contributed by atoms with van der Waals surface area (Å²) >= 11 is 3.34. The normalized spacial score (nSPS) is 26.0. The Balaban J connectivity index is 0.000000567. The first-order valence-corrected chi connectivity index (χ1v) is 36.6. The lowest BCUT2D eigenvalue weighted by molar-refractivity contribution is -0.0460. The molecule has 15 heteroatoms. The third-order valence-electron chi connectivity index (χ3n) is 27.8. The van der Waals surface area contributed by atoms with Gasteiger partial charge in [0.05, 0.1) is 38.1 Å². The standard InChI is InChI=1S/C13H27N.C12H22N2.C11H19NO.C11H19NS.C10H16N2.C9H18N2.C9H13NO.C9H13NS/c1-10(2)11(3,4)13(7,8)14(9)12(10,5)6;1-9-11(3,4)12(5,6)14(8)10(2)13(9)7;2*1-8-10(3,4)11(5,6)12(7)9(2)13-8;1-7-10(4,5)8(2)12(6)9(3)11-7;1-7-10-8(2,3)9(4,5)11(7)6;2*1-6-9(4,5)7(2)11-8(3)10-6/h1-9H3;1-2H2,3-8H3;2*1-2H2,3-7H3;1-2H2,3-6H3;1-6H3;2*1-2H2,3-5H3. The zero-order valence-electron chi connectivity index (χ0n) is 71.5. The SMILES string of the molecule is C=C1N(C)C(=C)C(C)(C)C(C)(C)N1C.C=C1N=C(C)N(C)C(=C)C1(C)C.C=C1N=C(C)OC(=C)C1(C)C.C=C1N=C(C)SC(=C)C1(C)C.C=C1OC(=C)C(C)(C)C(C)(C)N1C.C=C1SC(=C)C(C)(C)C(C)(C)N1C.CC1=NC(C)(C)C(C)(C)N1C.CN1C(C)(C)C(C)(C)C(C)(C)C1(C)C. The van der Waals surface area contributed by atoms with Crippen LogP contribution in [0.1, 0.15) is 235 Å². The molecule has 0 saturated carbocycles. The predicted octanol–water partition coefficient (Wildman–Crippen LogP) is 22.4. The molecule has 8 aliphatic rings. The minimum atomic E-state index is -0.223. The minimum Gasteiger partial charge on any atom is -0.447 e. The maximum Gasteiger partial charge on any atom is 0.191 e. The van der Waals surface area contributed by atoms with E-state index in [2.05, 4.69) is 357 Å². The van der Waals surface area contributed by atoms with E-state index < -0.39 is 0 Å². The minimum absolute atomic E-state index is 0.0145. The highest BCUT2D eigenvalue weighted by Crippen LogP contribution is 2.63. The van der Waals surface area contributed by atoms with E-state index in [0.29, 0.717) is 22.6 Å². The fraction of sp³-hybridized carbons (Fsp3) is 0.667. The zero-order chi connectivity index (χ0) is 79.4. The van der Waals surface area contributed by atoms with Gasteiger partial charge in [-0.2, -0.15) is 0 Å². The van der Waals surface area contributed by atoms with Crippen molar-refractivity contribution < 1.29 is 9.47 Å². The highest BCUT2D eigenvalue weighted by Gasteiger charge is 2.65. The van der Waals surface area contributed by atoms with Crippen LogP contribution in [-0.4, -0.2) is 145 Å². The van der Waals surface area contributed by atoms with Gasteiger partial charge in [0.15, 0.2) is 11.8 Å². The number of amidine groups is 2. The summed E-state index contributed by atoms with van der Waals surface area (Å²) in [6.45, 7) is 122. The highest BCUT2D eigenvalue weighted by molar-refractivity contribution is 8.17. The third kappa shape index (κ3) is 16.8. The molecule has 0 aromatic heterocycles. The molecule has 0 amide bonds. The number of likely N-dealkylation sites (N-methyl/N-ethyl adjacent to an activating group) is 1. The Morgan fingerprint density at radius 2 is 0.747 bits per heavy atom. The number of allylic oxidation sites excluding steroid dienone is 1. The van der Waals surface area contributed by atoms with Crippen LogP contribution >= 0.6 is 23.5 Å². The number of aliphatic imine (C=N–C) groups is 4. The van der Waals surface area contributed by atoms with Crippen molar-refractivity contribution in [3.8, 4) is 0 Å². The van der Waals surface area contributed by atoms with E-state index in [1.165, 1.54) is 4.91 Å². The summed E-state index contributed by atoms with van der Waals surface area (Å²) in [7, 11) is 14.6. The Morgan fingerprint density at radius 3 is 1.11 bits per heavy atom. The van der Waals surface area contributed by atoms with Crippen LogP contribution in [0.5, 0.6) is 0 Å². The van der Waals surface area contributed by atoms with Gasteiger partial charge in [-0.1, -0.05) is 165 Å². The fourth-order valence-electron chi connectivity index (χ4n) is 12.0. The van der Waals surface area contributed by atoms with E-state index in [1.807, 2.05) is 53.7 Å². The number of hydrogen-bond acceptors (Lipinski definition) is 15. The van der Waals surface area contributed by atoms with Crippen molar-refractivity contribution in [3.63, 3.8) is 0 Å². The van der Waals surface area contributed by atoms with Crippen molar-refractivity contribution in [2.24, 2.45) is 63.3 Å². The summed E-state index contributed by atoms with van der Waals surface area (Å²) in [6, 6.07) is 0. The first kappa shape index (κ1) is 91.6. The molecule has 0 bridgehead atoms. The summed E-state index contributed by atoms with van der Waals surface area (Å²) in [5.74, 6) is 5.92. The van der Waals surface area contributed by atoms with Crippen molar-refractivity contribution in [1.29, 1.82) is 0 Å². The van der Waals surface area contributed by atoms with Gasteiger partial charge in [-0.05, 0) is 194 Å². The Morgan fingerprint density at radius 1 is 0.343 bits per heavy atom. The lowest BCUT2D eigenvalue weighted by Gasteiger charge is -2.58. The van der Waals surface area contributed by atoms with Gasteiger partial charge in [0.2, 0.25) is 0 Å². The first-order valence-electron chi connectivity index (χ1n) is 34.9. The molecule has 0 spiro atoms. The lowest BCUT2D eigenvalue weighted by Crippen LogP contribution is -2.60. The van der Waals surface area contributed by atoms with Gasteiger partial charge in [0.1, 0.15) is 23.2 Å². The number of nitrogens with zero attached hydrogens (tertiary/aromatic N) is 11. The second kappa shape index (κ2) is 29.8. The molecule has 0 unspecified atom stereocenters. The summed E-state index contributed by atoms with van der Waals surface area (Å²) in [5, 5.41) is 2.13. The van der Waals surface area contributed by atoms with Crippen LogP contribution in [0.25, 0.3) is 0 Å². The molecule has 8 heterocycles. The number of rotatable bonds is 0. The fourth-order valence-corrected chi connectivity index (χ4v) is 14.1. The van der Waals surface area contributed by atoms with E-state index in [1.54, 1.807) is 30.4 Å². The van der Waals surface area contributed by atoms with Gasteiger partial charge >= 0.3 is 0 Å². The summed E-state index contributed by atoms with van der Waals surface area (Å²) in [6.07, 6.45) is 0. The van der Waals surface area contributed by atoms with Gasteiger partial charge < -0.3 is 38.9 Å². The molecule has 4 saturated heterocycles. The Hall–Kier alpha value is -5.38. The van der Waals surface area contributed by atoms with Gasteiger partial charge in [-0.3, -0.25) is 14.9 Å². The Bertz CT molecular complexity index is 3210. The molecule has 99 heavy (non-hydrogen) atoms. The maximum atomic E-state index is 5.49. The van der Waals surface area contributed by atoms with Crippen molar-refractivity contribution in [3.05, 3.63) is 145 Å². The quantitative estimate of drug-likeness (QED) is 0.232. The number of ether oxygens (including phenoxy) is 2.